The molecular weight excluding hydrogens is 304 g/mol. The lowest BCUT2D eigenvalue weighted by molar-refractivity contribution is 0.566. The van der Waals surface area contributed by atoms with Gasteiger partial charge in [0.15, 0.2) is 0 Å². The van der Waals surface area contributed by atoms with E-state index in [1.54, 1.807) is 0 Å². The molecule has 0 aromatic rings. The Labute approximate surface area is 105 Å². The van der Waals surface area contributed by atoms with Gasteiger partial charge in [-0.15, -0.1) is 0 Å². The summed E-state index contributed by atoms with van der Waals surface area (Å²) in [5.74, 6) is 2.12. The van der Waals surface area contributed by atoms with Crippen LogP contribution in [0.3, 0.4) is 0 Å². The van der Waals surface area contributed by atoms with Gasteiger partial charge in [0.1, 0.15) is 0 Å². The molecule has 0 amide bonds. The van der Waals surface area contributed by atoms with E-state index in [-0.39, 0.29) is 0 Å². The van der Waals surface area contributed by atoms with Crippen LogP contribution in [0, 0.1) is 11.8 Å². The molecule has 0 nitrogen and oxygen atoms in total. The minimum atomic E-state index is 1.04. The van der Waals surface area contributed by atoms with Gasteiger partial charge in [-0.25, -0.2) is 0 Å². The molecule has 0 heterocycles. The van der Waals surface area contributed by atoms with Crippen LogP contribution >= 0.6 is 31.9 Å². The molecule has 0 aromatic heterocycles. The van der Waals surface area contributed by atoms with Crippen molar-refractivity contribution in [1.29, 1.82) is 0 Å². The van der Waals surface area contributed by atoms with Gasteiger partial charge in [0.05, 0.1) is 3.39 Å². The van der Waals surface area contributed by atoms with E-state index in [0.29, 0.717) is 0 Å². The lowest BCUT2D eigenvalue weighted by Crippen LogP contribution is -1.84. The first kappa shape index (κ1) is 12.8. The number of allylic oxidation sites excluding steroid dienone is 1. The topological polar surface area (TPSA) is 0 Å². The molecule has 1 aliphatic rings. The zero-order chi connectivity index (χ0) is 10.4. The third kappa shape index (κ3) is 5.55. The summed E-state index contributed by atoms with van der Waals surface area (Å²) in [7, 11) is 0. The van der Waals surface area contributed by atoms with Gasteiger partial charge >= 0.3 is 0 Å². The van der Waals surface area contributed by atoms with Crippen LogP contribution in [0.4, 0.5) is 0 Å². The van der Waals surface area contributed by atoms with Gasteiger partial charge in [0.25, 0.3) is 0 Å². The van der Waals surface area contributed by atoms with Crippen LogP contribution in [-0.2, 0) is 0 Å². The Balaban J connectivity index is 1.95. The highest BCUT2D eigenvalue weighted by Gasteiger charge is 2.34. The predicted molar refractivity (Wildman–Crippen MR) is 70.9 cm³/mol. The maximum atomic E-state index is 3.39. The number of hydrogen-bond donors (Lipinski definition) is 0. The molecule has 0 unspecified atom stereocenters. The molecule has 1 saturated carbocycles. The molecule has 82 valence electrons. The van der Waals surface area contributed by atoms with Gasteiger partial charge in [-0.05, 0) is 63.0 Å². The van der Waals surface area contributed by atoms with Crippen molar-refractivity contribution >= 4 is 31.9 Å². The van der Waals surface area contributed by atoms with Gasteiger partial charge < -0.3 is 0 Å². The fourth-order valence-corrected chi connectivity index (χ4v) is 2.54. The van der Waals surface area contributed by atoms with Crippen molar-refractivity contribution in [2.45, 2.75) is 51.9 Å². The van der Waals surface area contributed by atoms with Crippen LogP contribution in [0.15, 0.2) is 9.47 Å². The average molecular weight is 324 g/mol. The average Bonchev–Trinajstić information content (AvgIpc) is 2.84. The van der Waals surface area contributed by atoms with Crippen molar-refractivity contribution in [3.63, 3.8) is 0 Å². The predicted octanol–water partition coefficient (Wildman–Crippen LogP) is 5.61. The highest BCUT2D eigenvalue weighted by molar-refractivity contribution is 9.28. The molecule has 2 heteroatoms. The molecule has 14 heavy (non-hydrogen) atoms. The summed E-state index contributed by atoms with van der Waals surface area (Å²) in [6.45, 7) is 2.28. The van der Waals surface area contributed by atoms with Gasteiger partial charge in [0.2, 0.25) is 0 Å². The Morgan fingerprint density at radius 3 is 2.57 bits per heavy atom. The van der Waals surface area contributed by atoms with Gasteiger partial charge in [-0.1, -0.05) is 38.7 Å². The summed E-state index contributed by atoms with van der Waals surface area (Å²) in [4.78, 5) is 0. The fraction of sp³-hybridized carbons (Fsp3) is 0.833. The molecule has 1 rings (SSSR count). The van der Waals surface area contributed by atoms with Crippen molar-refractivity contribution in [1.82, 2.24) is 0 Å². The van der Waals surface area contributed by atoms with Crippen molar-refractivity contribution in [3.8, 4) is 0 Å². The first-order chi connectivity index (χ1) is 6.74. The molecule has 0 saturated heterocycles. The second kappa shape index (κ2) is 7.05. The van der Waals surface area contributed by atoms with Crippen LogP contribution in [0.2, 0.25) is 0 Å². The molecule has 0 aliphatic heterocycles. The largest absolute Gasteiger partial charge is 0.0654 e. The highest BCUT2D eigenvalue weighted by Crippen LogP contribution is 2.45. The Hall–Kier alpha value is 0.700. The summed E-state index contributed by atoms with van der Waals surface area (Å²) in [6.07, 6.45) is 12.1. The van der Waals surface area contributed by atoms with Gasteiger partial charge in [0, 0.05) is 0 Å². The lowest BCUT2D eigenvalue weighted by atomic mass is 10.1. The molecule has 0 aromatic carbocycles. The molecule has 0 radical (unpaired) electrons. The van der Waals surface area contributed by atoms with E-state index in [4.69, 9.17) is 0 Å². The third-order valence-electron chi connectivity index (χ3n) is 3.08. The van der Waals surface area contributed by atoms with E-state index in [1.165, 1.54) is 44.9 Å². The maximum Gasteiger partial charge on any atom is 0.0564 e. The summed E-state index contributed by atoms with van der Waals surface area (Å²) in [6, 6.07) is 0. The number of hydrogen-bond acceptors (Lipinski definition) is 0. The maximum absolute atomic E-state index is 3.39. The van der Waals surface area contributed by atoms with Crippen LogP contribution in [0.5, 0.6) is 0 Å². The second-order valence-corrected chi connectivity index (χ2v) is 7.10. The van der Waals surface area contributed by atoms with Crippen LogP contribution < -0.4 is 0 Å². The summed E-state index contributed by atoms with van der Waals surface area (Å²) in [5.41, 5.74) is 0. The SMILES string of the molecule is CCCCC[C@@H]1C[C@@H]1CCC=C(Br)Br. The fourth-order valence-electron chi connectivity index (χ4n) is 2.08. The zero-order valence-corrected chi connectivity index (χ0v) is 12.1. The minimum absolute atomic E-state index is 1.04. The first-order valence-corrected chi connectivity index (χ1v) is 7.33. The van der Waals surface area contributed by atoms with Crippen molar-refractivity contribution < 1.29 is 0 Å². The molecular formula is C12H20Br2. The molecule has 1 aliphatic carbocycles. The Morgan fingerprint density at radius 2 is 1.93 bits per heavy atom. The van der Waals surface area contributed by atoms with Crippen LogP contribution in [0.1, 0.15) is 51.9 Å². The molecule has 1 fully saturated rings. The molecule has 0 N–H and O–H groups in total. The first-order valence-electron chi connectivity index (χ1n) is 5.75. The van der Waals surface area contributed by atoms with Crippen molar-refractivity contribution in [2.75, 3.05) is 0 Å². The Morgan fingerprint density at radius 1 is 1.21 bits per heavy atom. The van der Waals surface area contributed by atoms with E-state index in [2.05, 4.69) is 44.9 Å². The van der Waals surface area contributed by atoms with Crippen molar-refractivity contribution in [2.24, 2.45) is 11.8 Å². The standard InChI is InChI=1S/C12H20Br2/c1-2-3-4-6-10-9-11(10)7-5-8-12(13)14/h8,10-11H,2-7,9H2,1H3/t10-,11+/m1/s1. The quantitative estimate of drug-likeness (QED) is 0.534. The molecule has 0 bridgehead atoms. The Kier molecular flexibility index (Phi) is 6.43. The van der Waals surface area contributed by atoms with E-state index in [9.17, 15) is 0 Å². The van der Waals surface area contributed by atoms with Crippen LogP contribution in [0.25, 0.3) is 0 Å². The normalized spacial score (nSPS) is 24.8. The van der Waals surface area contributed by atoms with Gasteiger partial charge in [-0.2, -0.15) is 0 Å². The molecule has 2 atom stereocenters. The summed E-state index contributed by atoms with van der Waals surface area (Å²) in [5, 5.41) is 0. The number of rotatable bonds is 7. The van der Waals surface area contributed by atoms with Crippen molar-refractivity contribution in [3.05, 3.63) is 9.47 Å². The minimum Gasteiger partial charge on any atom is -0.0654 e. The Bertz CT molecular complexity index is 183. The smallest absolute Gasteiger partial charge is 0.0564 e. The number of unbranched alkanes of at least 4 members (excludes halogenated alkanes) is 2. The van der Waals surface area contributed by atoms with Gasteiger partial charge in [-0.3, -0.25) is 0 Å². The van der Waals surface area contributed by atoms with E-state index < -0.39 is 0 Å². The third-order valence-corrected chi connectivity index (χ3v) is 3.73. The summed E-state index contributed by atoms with van der Waals surface area (Å²) < 4.78 is 1.10. The van der Waals surface area contributed by atoms with Crippen LogP contribution in [-0.4, -0.2) is 0 Å². The monoisotopic (exact) mass is 322 g/mol. The summed E-state index contributed by atoms with van der Waals surface area (Å²) >= 11 is 6.78. The second-order valence-electron chi connectivity index (χ2n) is 4.32. The van der Waals surface area contributed by atoms with E-state index in [0.717, 1.165) is 15.2 Å². The molecule has 0 spiro atoms. The zero-order valence-electron chi connectivity index (χ0n) is 8.94. The highest BCUT2D eigenvalue weighted by atomic mass is 79.9. The van der Waals surface area contributed by atoms with E-state index in [1.807, 2.05) is 0 Å². The van der Waals surface area contributed by atoms with E-state index >= 15 is 0 Å². The lowest BCUT2D eigenvalue weighted by Gasteiger charge is -1.98. The number of halogens is 2.